The molecule has 1 unspecified atom stereocenters. The van der Waals surface area contributed by atoms with Crippen LogP contribution < -0.4 is 10.3 Å². The molecular formula is C20H15Cl2NO3S. The van der Waals surface area contributed by atoms with Crippen molar-refractivity contribution in [1.82, 2.24) is 4.57 Å². The maximum absolute atomic E-state index is 11.9. The minimum Gasteiger partial charge on any atom is -0.488 e. The zero-order chi connectivity index (χ0) is 19.3. The fourth-order valence-electron chi connectivity index (χ4n) is 3.15. The summed E-state index contributed by atoms with van der Waals surface area (Å²) in [5.74, 6) is 0.436. The minimum absolute atomic E-state index is 0.0280. The first-order chi connectivity index (χ1) is 12.8. The second-order valence-corrected chi connectivity index (χ2v) is 8.49. The van der Waals surface area contributed by atoms with E-state index in [1.807, 2.05) is 12.1 Å². The lowest BCUT2D eigenvalue weighted by Gasteiger charge is -2.23. The predicted molar refractivity (Wildman–Crippen MR) is 111 cm³/mol. The van der Waals surface area contributed by atoms with Crippen LogP contribution >= 0.6 is 35.0 Å². The van der Waals surface area contributed by atoms with Gasteiger partial charge in [0, 0.05) is 34.0 Å². The van der Waals surface area contributed by atoms with Gasteiger partial charge < -0.3 is 14.4 Å². The first-order valence-electron chi connectivity index (χ1n) is 8.12. The molecule has 1 aliphatic rings. The van der Waals surface area contributed by atoms with Crippen LogP contribution in [0.2, 0.25) is 10.0 Å². The molecule has 0 spiro atoms. The van der Waals surface area contributed by atoms with E-state index in [0.717, 1.165) is 21.4 Å². The summed E-state index contributed by atoms with van der Waals surface area (Å²) in [5.41, 5.74) is 2.07. The average molecular weight is 420 g/mol. The molecule has 0 saturated carbocycles. The molecule has 3 aromatic rings. The lowest BCUT2D eigenvalue weighted by Crippen LogP contribution is -2.30. The lowest BCUT2D eigenvalue weighted by atomic mass is 9.98. The molecule has 0 saturated heterocycles. The Balaban J connectivity index is 1.69. The number of aliphatic hydroxyl groups is 1. The molecule has 1 aromatic heterocycles. The van der Waals surface area contributed by atoms with Crippen LogP contribution in [-0.4, -0.2) is 21.2 Å². The van der Waals surface area contributed by atoms with E-state index in [2.05, 4.69) is 6.58 Å². The van der Waals surface area contributed by atoms with E-state index >= 15 is 0 Å². The summed E-state index contributed by atoms with van der Waals surface area (Å²) in [6, 6.07) is 12.0. The Morgan fingerprint density at radius 2 is 2.00 bits per heavy atom. The predicted octanol–water partition coefficient (Wildman–Crippen LogP) is 4.73. The normalized spacial score (nSPS) is 18.7. The number of aromatic nitrogens is 1. The van der Waals surface area contributed by atoms with E-state index in [1.54, 1.807) is 35.9 Å². The minimum atomic E-state index is -1.34. The smallest absolute Gasteiger partial charge is 0.250 e. The SMILES string of the molecule is C=C1c2c(ccc3c2ccc(=O)n3C)SC1(O)COc1ccc(Cl)cc1Cl. The number of halogens is 2. The van der Waals surface area contributed by atoms with Crippen molar-refractivity contribution >= 4 is 51.4 Å². The number of ether oxygens (including phenoxy) is 1. The Bertz CT molecular complexity index is 1160. The Kier molecular flexibility index (Phi) is 4.51. The molecule has 1 N–H and O–H groups in total. The molecule has 0 aliphatic carbocycles. The second kappa shape index (κ2) is 6.60. The number of rotatable bonds is 3. The van der Waals surface area contributed by atoms with Crippen LogP contribution in [0, 0.1) is 0 Å². The van der Waals surface area contributed by atoms with Crippen LogP contribution in [0.5, 0.6) is 5.75 Å². The fraction of sp³-hybridized carbons (Fsp3) is 0.150. The summed E-state index contributed by atoms with van der Waals surface area (Å²) in [6.45, 7) is 4.08. The molecule has 138 valence electrons. The monoisotopic (exact) mass is 419 g/mol. The van der Waals surface area contributed by atoms with Gasteiger partial charge in [0.25, 0.3) is 5.56 Å². The van der Waals surface area contributed by atoms with Gasteiger partial charge in [-0.2, -0.15) is 0 Å². The van der Waals surface area contributed by atoms with Crippen molar-refractivity contribution in [2.45, 2.75) is 9.83 Å². The standard InChI is InChI=1S/C20H15Cl2NO3S/c1-11-19-13-4-8-18(24)23(2)15(13)5-7-17(19)27-20(11,25)10-26-16-6-3-12(21)9-14(16)22/h3-9,25H,1,10H2,2H3. The maximum atomic E-state index is 11.9. The molecule has 1 atom stereocenters. The van der Waals surface area contributed by atoms with Crippen LogP contribution in [0.15, 0.2) is 58.7 Å². The number of thioether (sulfide) groups is 1. The third-order valence-electron chi connectivity index (χ3n) is 4.64. The third kappa shape index (κ3) is 3.05. The molecule has 4 nitrogen and oxygen atoms in total. The van der Waals surface area contributed by atoms with E-state index in [0.29, 0.717) is 21.4 Å². The third-order valence-corrected chi connectivity index (χ3v) is 6.43. The summed E-state index contributed by atoms with van der Waals surface area (Å²) in [6.07, 6.45) is 0. The van der Waals surface area contributed by atoms with Crippen molar-refractivity contribution in [2.24, 2.45) is 7.05 Å². The molecule has 0 fully saturated rings. The number of fused-ring (bicyclic) bond motifs is 3. The van der Waals surface area contributed by atoms with Gasteiger partial charge >= 0.3 is 0 Å². The number of benzene rings is 2. The number of pyridine rings is 1. The number of hydrogen-bond acceptors (Lipinski definition) is 4. The van der Waals surface area contributed by atoms with E-state index in [1.165, 1.54) is 17.8 Å². The van der Waals surface area contributed by atoms with Gasteiger partial charge in [-0.3, -0.25) is 4.79 Å². The molecule has 2 heterocycles. The van der Waals surface area contributed by atoms with Gasteiger partial charge in [-0.15, -0.1) is 0 Å². The van der Waals surface area contributed by atoms with Crippen LogP contribution in [0.3, 0.4) is 0 Å². The van der Waals surface area contributed by atoms with Crippen molar-refractivity contribution in [3.05, 3.63) is 75.0 Å². The van der Waals surface area contributed by atoms with Gasteiger partial charge in [0.2, 0.25) is 0 Å². The largest absolute Gasteiger partial charge is 0.488 e. The Morgan fingerprint density at radius 3 is 2.74 bits per heavy atom. The second-order valence-electron chi connectivity index (χ2n) is 6.33. The first-order valence-corrected chi connectivity index (χ1v) is 9.69. The van der Waals surface area contributed by atoms with Crippen LogP contribution in [0.4, 0.5) is 0 Å². The summed E-state index contributed by atoms with van der Waals surface area (Å²) in [5, 5.41) is 12.9. The highest BCUT2D eigenvalue weighted by Gasteiger charge is 2.42. The molecule has 2 aromatic carbocycles. The number of nitrogens with zero attached hydrogens (tertiary/aromatic N) is 1. The summed E-state index contributed by atoms with van der Waals surface area (Å²) in [4.78, 5) is 11.5. The zero-order valence-corrected chi connectivity index (χ0v) is 16.7. The summed E-state index contributed by atoms with van der Waals surface area (Å²) >= 11 is 13.3. The van der Waals surface area contributed by atoms with Crippen molar-refractivity contribution < 1.29 is 9.84 Å². The topological polar surface area (TPSA) is 51.5 Å². The Labute approximate surface area is 170 Å². The van der Waals surface area contributed by atoms with Crippen molar-refractivity contribution in [3.63, 3.8) is 0 Å². The molecule has 7 heteroatoms. The Morgan fingerprint density at radius 1 is 1.22 bits per heavy atom. The quantitative estimate of drug-likeness (QED) is 0.666. The number of hydrogen-bond donors (Lipinski definition) is 1. The van der Waals surface area contributed by atoms with Crippen LogP contribution in [-0.2, 0) is 7.05 Å². The maximum Gasteiger partial charge on any atom is 0.250 e. The van der Waals surface area contributed by atoms with Crippen molar-refractivity contribution in [1.29, 1.82) is 0 Å². The van der Waals surface area contributed by atoms with E-state index < -0.39 is 4.93 Å². The molecule has 27 heavy (non-hydrogen) atoms. The van der Waals surface area contributed by atoms with Crippen molar-refractivity contribution in [2.75, 3.05) is 6.61 Å². The molecule has 4 rings (SSSR count). The highest BCUT2D eigenvalue weighted by Crippen LogP contribution is 2.52. The first kappa shape index (κ1) is 18.4. The molecule has 0 amide bonds. The van der Waals surface area contributed by atoms with Crippen LogP contribution in [0.25, 0.3) is 16.5 Å². The number of aryl methyl sites for hydroxylation is 1. The highest BCUT2D eigenvalue weighted by atomic mass is 35.5. The fourth-order valence-corrected chi connectivity index (χ4v) is 4.80. The summed E-state index contributed by atoms with van der Waals surface area (Å²) in [7, 11) is 1.72. The zero-order valence-electron chi connectivity index (χ0n) is 14.3. The van der Waals surface area contributed by atoms with Gasteiger partial charge in [0.05, 0.1) is 10.5 Å². The average Bonchev–Trinajstić information content (AvgIpc) is 2.89. The van der Waals surface area contributed by atoms with Crippen LogP contribution in [0.1, 0.15) is 5.56 Å². The van der Waals surface area contributed by atoms with E-state index in [9.17, 15) is 9.90 Å². The van der Waals surface area contributed by atoms with Gasteiger partial charge in [0.15, 0.2) is 4.93 Å². The summed E-state index contributed by atoms with van der Waals surface area (Å²) < 4.78 is 7.34. The van der Waals surface area contributed by atoms with E-state index in [4.69, 9.17) is 27.9 Å². The highest BCUT2D eigenvalue weighted by molar-refractivity contribution is 8.01. The van der Waals surface area contributed by atoms with Gasteiger partial charge in [0.1, 0.15) is 12.4 Å². The van der Waals surface area contributed by atoms with E-state index in [-0.39, 0.29) is 12.2 Å². The van der Waals surface area contributed by atoms with Gasteiger partial charge in [-0.25, -0.2) is 0 Å². The molecular weight excluding hydrogens is 405 g/mol. The molecule has 1 aliphatic heterocycles. The van der Waals surface area contributed by atoms with Crippen molar-refractivity contribution in [3.8, 4) is 5.75 Å². The molecule has 0 radical (unpaired) electrons. The van der Waals surface area contributed by atoms with Gasteiger partial charge in [-0.05, 0) is 42.0 Å². The Hall–Kier alpha value is -1.92. The lowest BCUT2D eigenvalue weighted by molar-refractivity contribution is 0.126. The molecule has 0 bridgehead atoms. The van der Waals surface area contributed by atoms with Gasteiger partial charge in [-0.1, -0.05) is 41.5 Å².